The van der Waals surface area contributed by atoms with Crippen LogP contribution in [-0.2, 0) is 4.74 Å². The molecular weight excluding hydrogens is 232 g/mol. The number of aromatic hydroxyl groups is 1. The van der Waals surface area contributed by atoms with Crippen molar-refractivity contribution in [3.05, 3.63) is 24.3 Å². The largest absolute Gasteiger partial charge is 0.508 e. The van der Waals surface area contributed by atoms with Crippen LogP contribution in [0.25, 0.3) is 0 Å². The molecule has 98 valence electrons. The van der Waals surface area contributed by atoms with E-state index >= 15 is 0 Å². The van der Waals surface area contributed by atoms with Gasteiger partial charge in [0.1, 0.15) is 5.75 Å². The zero-order valence-corrected chi connectivity index (χ0v) is 10.2. The van der Waals surface area contributed by atoms with Gasteiger partial charge in [-0.2, -0.15) is 0 Å². The maximum atomic E-state index is 11.6. The van der Waals surface area contributed by atoms with E-state index in [1.54, 1.807) is 18.2 Å². The van der Waals surface area contributed by atoms with Crippen molar-refractivity contribution in [1.82, 2.24) is 5.32 Å². The number of hydrogen-bond acceptors (Lipinski definition) is 3. The summed E-state index contributed by atoms with van der Waals surface area (Å²) in [7, 11) is 0. The second kappa shape index (κ2) is 6.26. The van der Waals surface area contributed by atoms with E-state index < -0.39 is 0 Å². The van der Waals surface area contributed by atoms with Crippen LogP contribution in [0.4, 0.5) is 10.5 Å². The average molecular weight is 250 g/mol. The average Bonchev–Trinajstić information content (AvgIpc) is 2.38. The highest BCUT2D eigenvalue weighted by Crippen LogP contribution is 2.15. The van der Waals surface area contributed by atoms with Crippen LogP contribution in [0.1, 0.15) is 12.8 Å². The molecule has 2 rings (SSSR count). The number of rotatable bonds is 3. The molecule has 1 aliphatic heterocycles. The first-order chi connectivity index (χ1) is 8.74. The first-order valence-corrected chi connectivity index (χ1v) is 6.15. The zero-order chi connectivity index (χ0) is 12.8. The molecule has 0 radical (unpaired) electrons. The molecule has 0 bridgehead atoms. The minimum atomic E-state index is -0.243. The molecule has 1 aromatic carbocycles. The number of urea groups is 1. The summed E-state index contributed by atoms with van der Waals surface area (Å²) in [6, 6.07) is 6.24. The van der Waals surface area contributed by atoms with Gasteiger partial charge in [-0.25, -0.2) is 4.79 Å². The van der Waals surface area contributed by atoms with Gasteiger partial charge < -0.3 is 20.5 Å². The van der Waals surface area contributed by atoms with Gasteiger partial charge in [-0.3, -0.25) is 0 Å². The summed E-state index contributed by atoms with van der Waals surface area (Å²) in [5, 5.41) is 14.8. The number of anilines is 1. The third-order valence-electron chi connectivity index (χ3n) is 3.00. The monoisotopic (exact) mass is 250 g/mol. The van der Waals surface area contributed by atoms with E-state index in [0.717, 1.165) is 26.1 Å². The number of amides is 2. The lowest BCUT2D eigenvalue weighted by Gasteiger charge is -2.22. The molecule has 3 N–H and O–H groups in total. The predicted octanol–water partition coefficient (Wildman–Crippen LogP) is 1.94. The molecule has 5 heteroatoms. The van der Waals surface area contributed by atoms with Gasteiger partial charge >= 0.3 is 6.03 Å². The van der Waals surface area contributed by atoms with Gasteiger partial charge in [0.25, 0.3) is 0 Å². The third kappa shape index (κ3) is 3.92. The zero-order valence-electron chi connectivity index (χ0n) is 10.2. The molecule has 0 aromatic heterocycles. The van der Waals surface area contributed by atoms with Crippen LogP contribution in [0, 0.1) is 5.92 Å². The summed E-state index contributed by atoms with van der Waals surface area (Å²) in [4.78, 5) is 11.6. The van der Waals surface area contributed by atoms with E-state index in [2.05, 4.69) is 10.6 Å². The van der Waals surface area contributed by atoms with E-state index in [9.17, 15) is 9.90 Å². The van der Waals surface area contributed by atoms with Crippen molar-refractivity contribution in [2.75, 3.05) is 25.1 Å². The Kier molecular flexibility index (Phi) is 4.41. The topological polar surface area (TPSA) is 70.6 Å². The summed E-state index contributed by atoms with van der Waals surface area (Å²) >= 11 is 0. The van der Waals surface area contributed by atoms with E-state index in [0.29, 0.717) is 18.2 Å². The van der Waals surface area contributed by atoms with Crippen LogP contribution in [0.2, 0.25) is 0 Å². The fourth-order valence-electron chi connectivity index (χ4n) is 1.95. The normalized spacial score (nSPS) is 16.2. The van der Waals surface area contributed by atoms with Crippen molar-refractivity contribution < 1.29 is 14.6 Å². The maximum absolute atomic E-state index is 11.6. The van der Waals surface area contributed by atoms with Crippen LogP contribution < -0.4 is 10.6 Å². The SMILES string of the molecule is O=C(NCC1CCOCC1)Nc1cccc(O)c1. The Bertz CT molecular complexity index is 403. The molecular formula is C13H18N2O3. The van der Waals surface area contributed by atoms with Gasteiger partial charge in [-0.1, -0.05) is 6.07 Å². The highest BCUT2D eigenvalue weighted by molar-refractivity contribution is 5.89. The van der Waals surface area contributed by atoms with Crippen LogP contribution in [0.15, 0.2) is 24.3 Å². The summed E-state index contributed by atoms with van der Waals surface area (Å²) in [6.45, 7) is 2.22. The third-order valence-corrected chi connectivity index (χ3v) is 3.00. The van der Waals surface area contributed by atoms with Gasteiger partial charge in [-0.15, -0.1) is 0 Å². The molecule has 5 nitrogen and oxygen atoms in total. The second-order valence-electron chi connectivity index (χ2n) is 4.44. The van der Waals surface area contributed by atoms with Gasteiger partial charge in [0.15, 0.2) is 0 Å². The molecule has 1 aliphatic rings. The Morgan fingerprint density at radius 1 is 1.39 bits per heavy atom. The number of carbonyl (C=O) groups excluding carboxylic acids is 1. The lowest BCUT2D eigenvalue weighted by molar-refractivity contribution is 0.0671. The second-order valence-corrected chi connectivity index (χ2v) is 4.44. The van der Waals surface area contributed by atoms with Crippen LogP contribution in [0.3, 0.4) is 0 Å². The Morgan fingerprint density at radius 3 is 2.89 bits per heavy atom. The van der Waals surface area contributed by atoms with Gasteiger partial charge in [0.2, 0.25) is 0 Å². The number of nitrogens with one attached hydrogen (secondary N) is 2. The number of carbonyl (C=O) groups is 1. The molecule has 0 unspecified atom stereocenters. The maximum Gasteiger partial charge on any atom is 0.319 e. The lowest BCUT2D eigenvalue weighted by Crippen LogP contribution is -2.35. The fourth-order valence-corrected chi connectivity index (χ4v) is 1.95. The summed E-state index contributed by atoms with van der Waals surface area (Å²) in [5.74, 6) is 0.630. The first kappa shape index (κ1) is 12.7. The Balaban J connectivity index is 1.74. The Morgan fingerprint density at radius 2 is 2.17 bits per heavy atom. The number of phenols is 1. The van der Waals surface area contributed by atoms with Crippen LogP contribution in [-0.4, -0.2) is 30.9 Å². The summed E-state index contributed by atoms with van der Waals surface area (Å²) < 4.78 is 5.26. The standard InChI is InChI=1S/C13H18N2O3/c16-12-3-1-2-11(8-12)15-13(17)14-9-10-4-6-18-7-5-10/h1-3,8,10,16H,4-7,9H2,(H2,14,15,17). The Hall–Kier alpha value is -1.75. The molecule has 1 saturated heterocycles. The molecule has 1 heterocycles. The van der Waals surface area contributed by atoms with Crippen molar-refractivity contribution >= 4 is 11.7 Å². The number of benzene rings is 1. The quantitative estimate of drug-likeness (QED) is 0.767. The number of ether oxygens (including phenoxy) is 1. The summed E-state index contributed by atoms with van der Waals surface area (Å²) in [5.41, 5.74) is 0.583. The van der Waals surface area contributed by atoms with Crippen molar-refractivity contribution in [3.63, 3.8) is 0 Å². The van der Waals surface area contributed by atoms with Gasteiger partial charge in [0.05, 0.1) is 0 Å². The van der Waals surface area contributed by atoms with Crippen molar-refractivity contribution in [3.8, 4) is 5.75 Å². The van der Waals surface area contributed by atoms with Crippen LogP contribution in [0.5, 0.6) is 5.75 Å². The number of phenolic OH excluding ortho intramolecular Hbond substituents is 1. The minimum Gasteiger partial charge on any atom is -0.508 e. The predicted molar refractivity (Wildman–Crippen MR) is 68.7 cm³/mol. The number of hydrogen-bond donors (Lipinski definition) is 3. The summed E-state index contributed by atoms with van der Waals surface area (Å²) in [6.07, 6.45) is 1.98. The molecule has 1 aromatic rings. The van der Waals surface area contributed by atoms with Crippen molar-refractivity contribution in [1.29, 1.82) is 0 Å². The van der Waals surface area contributed by atoms with E-state index in [1.807, 2.05) is 0 Å². The highest BCUT2D eigenvalue weighted by Gasteiger charge is 2.14. The van der Waals surface area contributed by atoms with Crippen molar-refractivity contribution in [2.24, 2.45) is 5.92 Å². The molecule has 0 aliphatic carbocycles. The van der Waals surface area contributed by atoms with Gasteiger partial charge in [-0.05, 0) is 30.9 Å². The molecule has 0 saturated carbocycles. The minimum absolute atomic E-state index is 0.136. The molecule has 1 fully saturated rings. The van der Waals surface area contributed by atoms with E-state index in [4.69, 9.17) is 4.74 Å². The van der Waals surface area contributed by atoms with E-state index in [-0.39, 0.29) is 11.8 Å². The highest BCUT2D eigenvalue weighted by atomic mass is 16.5. The van der Waals surface area contributed by atoms with Crippen LogP contribution >= 0.6 is 0 Å². The van der Waals surface area contributed by atoms with E-state index in [1.165, 1.54) is 6.07 Å². The molecule has 0 spiro atoms. The smallest absolute Gasteiger partial charge is 0.319 e. The van der Waals surface area contributed by atoms with Crippen molar-refractivity contribution in [2.45, 2.75) is 12.8 Å². The van der Waals surface area contributed by atoms with Gasteiger partial charge in [0, 0.05) is 31.5 Å². The molecule has 0 atom stereocenters. The fraction of sp³-hybridized carbons (Fsp3) is 0.462. The molecule has 2 amide bonds. The first-order valence-electron chi connectivity index (χ1n) is 6.15. The molecule has 18 heavy (non-hydrogen) atoms. The Labute approximate surface area is 106 Å². The lowest BCUT2D eigenvalue weighted by atomic mass is 10.0.